The largest absolute Gasteiger partial charge is 0.385 e. The molecule has 7 heteroatoms. The second kappa shape index (κ2) is 10.4. The molecule has 1 fully saturated rings. The van der Waals surface area contributed by atoms with E-state index in [0.717, 1.165) is 43.4 Å². The average Bonchev–Trinajstić information content (AvgIpc) is 2.62. The molecule has 0 unspecified atom stereocenters. The van der Waals surface area contributed by atoms with Gasteiger partial charge in [-0.1, -0.05) is 12.1 Å². The Labute approximate surface area is 161 Å². The van der Waals surface area contributed by atoms with Crippen molar-refractivity contribution in [3.8, 4) is 0 Å². The molecule has 1 aliphatic rings. The summed E-state index contributed by atoms with van der Waals surface area (Å²) in [6.07, 6.45) is 0.842. The van der Waals surface area contributed by atoms with Crippen LogP contribution in [-0.4, -0.2) is 73.8 Å². The highest BCUT2D eigenvalue weighted by molar-refractivity contribution is 7.80. The van der Waals surface area contributed by atoms with Crippen LogP contribution in [0.5, 0.6) is 0 Å². The van der Waals surface area contributed by atoms with Gasteiger partial charge in [0.25, 0.3) is 0 Å². The fourth-order valence-corrected chi connectivity index (χ4v) is 3.17. The predicted octanol–water partition coefficient (Wildman–Crippen LogP) is 1.77. The minimum atomic E-state index is 0.0747. The van der Waals surface area contributed by atoms with E-state index in [1.807, 2.05) is 0 Å². The highest BCUT2D eigenvalue weighted by atomic mass is 32.1. The monoisotopic (exact) mass is 378 g/mol. The Bertz CT molecular complexity index is 616. The smallest absolute Gasteiger partial charge is 0.234 e. The molecule has 1 amide bonds. The first-order chi connectivity index (χ1) is 12.5. The number of anilines is 1. The van der Waals surface area contributed by atoms with Crippen LogP contribution >= 0.6 is 12.2 Å². The number of methoxy groups -OCH3 is 1. The summed E-state index contributed by atoms with van der Waals surface area (Å²) in [6.45, 7) is 9.25. The van der Waals surface area contributed by atoms with Crippen molar-refractivity contribution in [2.24, 2.45) is 0 Å². The van der Waals surface area contributed by atoms with Gasteiger partial charge in [-0.05, 0) is 49.7 Å². The fraction of sp³-hybridized carbons (Fsp3) is 0.579. The van der Waals surface area contributed by atoms with Crippen LogP contribution < -0.4 is 10.6 Å². The lowest BCUT2D eigenvalue weighted by Crippen LogP contribution is -2.52. The molecule has 144 valence electrons. The van der Waals surface area contributed by atoms with Crippen molar-refractivity contribution in [1.29, 1.82) is 0 Å². The summed E-state index contributed by atoms with van der Waals surface area (Å²) < 4.78 is 4.98. The summed E-state index contributed by atoms with van der Waals surface area (Å²) in [7, 11) is 1.67. The molecule has 0 aliphatic carbocycles. The van der Waals surface area contributed by atoms with Crippen molar-refractivity contribution in [3.05, 3.63) is 29.3 Å². The predicted molar refractivity (Wildman–Crippen MR) is 110 cm³/mol. The number of carbonyl (C=O) groups excluding carboxylic acids is 1. The van der Waals surface area contributed by atoms with Gasteiger partial charge in [0, 0.05) is 52.1 Å². The van der Waals surface area contributed by atoms with Gasteiger partial charge in [-0.25, -0.2) is 0 Å². The summed E-state index contributed by atoms with van der Waals surface area (Å²) in [5.74, 6) is 0.0747. The molecule has 0 atom stereocenters. The molecule has 26 heavy (non-hydrogen) atoms. The summed E-state index contributed by atoms with van der Waals surface area (Å²) in [5.41, 5.74) is 3.46. The van der Waals surface area contributed by atoms with Crippen LogP contribution in [0.4, 0.5) is 5.69 Å². The van der Waals surface area contributed by atoms with Crippen molar-refractivity contribution in [2.45, 2.75) is 20.3 Å². The van der Waals surface area contributed by atoms with Gasteiger partial charge in [0.05, 0.1) is 6.54 Å². The maximum atomic E-state index is 12.0. The fourth-order valence-electron chi connectivity index (χ4n) is 2.88. The molecular formula is C19H30N4O2S. The second-order valence-corrected chi connectivity index (χ2v) is 7.09. The lowest BCUT2D eigenvalue weighted by atomic mass is 10.1. The Morgan fingerprint density at radius 1 is 1.23 bits per heavy atom. The Morgan fingerprint density at radius 3 is 2.65 bits per heavy atom. The summed E-state index contributed by atoms with van der Waals surface area (Å²) >= 11 is 5.57. The van der Waals surface area contributed by atoms with E-state index < -0.39 is 0 Å². The first-order valence-electron chi connectivity index (χ1n) is 9.11. The minimum Gasteiger partial charge on any atom is -0.385 e. The number of thiocarbonyl (C=S) groups is 1. The Hall–Kier alpha value is -1.70. The maximum absolute atomic E-state index is 12.0. The first kappa shape index (κ1) is 20.6. The number of benzene rings is 1. The lowest BCUT2D eigenvalue weighted by Gasteiger charge is -2.36. The molecule has 0 saturated carbocycles. The summed E-state index contributed by atoms with van der Waals surface area (Å²) in [4.78, 5) is 16.3. The number of hydrogen-bond donors (Lipinski definition) is 2. The van der Waals surface area contributed by atoms with Gasteiger partial charge in [0.15, 0.2) is 5.11 Å². The Balaban J connectivity index is 1.73. The molecule has 0 radical (unpaired) electrons. The molecule has 1 saturated heterocycles. The first-order valence-corrected chi connectivity index (χ1v) is 9.51. The van der Waals surface area contributed by atoms with Crippen LogP contribution in [0.2, 0.25) is 0 Å². The quantitative estimate of drug-likeness (QED) is 0.557. The van der Waals surface area contributed by atoms with Crippen LogP contribution in [0, 0.1) is 13.8 Å². The zero-order valence-electron chi connectivity index (χ0n) is 16.0. The molecule has 2 rings (SSSR count). The third-order valence-corrected chi connectivity index (χ3v) is 4.87. The molecule has 1 aromatic carbocycles. The third-order valence-electron chi connectivity index (χ3n) is 4.51. The number of nitrogens with zero attached hydrogens (tertiary/aromatic N) is 2. The summed E-state index contributed by atoms with van der Waals surface area (Å²) in [6, 6.07) is 6.32. The standard InChI is InChI=1S/C19H30N4O2S/c1-15-5-6-16(2)17(13-15)21-19(26)23-10-8-22(9-11-23)14-18(24)20-7-4-12-25-3/h5-6,13H,4,7-12,14H2,1-3H3,(H,20,24)(H,21,26). The topological polar surface area (TPSA) is 56.8 Å². The van der Waals surface area contributed by atoms with E-state index in [4.69, 9.17) is 17.0 Å². The number of nitrogens with one attached hydrogen (secondary N) is 2. The van der Waals surface area contributed by atoms with Crippen LogP contribution in [0.25, 0.3) is 0 Å². The molecule has 1 aliphatic heterocycles. The van der Waals surface area contributed by atoms with Gasteiger partial charge in [0.2, 0.25) is 5.91 Å². The van der Waals surface area contributed by atoms with E-state index in [0.29, 0.717) is 19.7 Å². The molecule has 0 bridgehead atoms. The van der Waals surface area contributed by atoms with Crippen LogP contribution in [0.15, 0.2) is 18.2 Å². The maximum Gasteiger partial charge on any atom is 0.234 e. The van der Waals surface area contributed by atoms with Crippen LogP contribution in [0.1, 0.15) is 17.5 Å². The van der Waals surface area contributed by atoms with E-state index in [9.17, 15) is 4.79 Å². The number of aryl methyl sites for hydroxylation is 2. The van der Waals surface area contributed by atoms with E-state index in [1.165, 1.54) is 11.1 Å². The van der Waals surface area contributed by atoms with Crippen molar-refractivity contribution in [2.75, 3.05) is 58.3 Å². The van der Waals surface area contributed by atoms with Gasteiger partial charge in [-0.2, -0.15) is 0 Å². The number of carbonyl (C=O) groups is 1. The number of rotatable bonds is 7. The van der Waals surface area contributed by atoms with Gasteiger partial charge in [-0.15, -0.1) is 0 Å². The normalized spacial score (nSPS) is 15.0. The molecule has 1 aromatic rings. The van der Waals surface area contributed by atoms with Gasteiger partial charge in [-0.3, -0.25) is 9.69 Å². The zero-order chi connectivity index (χ0) is 18.9. The number of piperazine rings is 1. The van der Waals surface area contributed by atoms with Crippen molar-refractivity contribution in [1.82, 2.24) is 15.1 Å². The summed E-state index contributed by atoms with van der Waals surface area (Å²) in [5, 5.41) is 7.05. The number of amides is 1. The number of hydrogen-bond acceptors (Lipinski definition) is 4. The molecule has 0 spiro atoms. The highest BCUT2D eigenvalue weighted by Gasteiger charge is 2.20. The second-order valence-electron chi connectivity index (χ2n) is 6.71. The number of ether oxygens (including phenoxy) is 1. The van der Waals surface area contributed by atoms with E-state index >= 15 is 0 Å². The van der Waals surface area contributed by atoms with E-state index in [-0.39, 0.29) is 5.91 Å². The molecular weight excluding hydrogens is 348 g/mol. The van der Waals surface area contributed by atoms with Crippen molar-refractivity contribution in [3.63, 3.8) is 0 Å². The highest BCUT2D eigenvalue weighted by Crippen LogP contribution is 2.17. The van der Waals surface area contributed by atoms with Crippen LogP contribution in [-0.2, 0) is 9.53 Å². The van der Waals surface area contributed by atoms with Gasteiger partial charge < -0.3 is 20.3 Å². The van der Waals surface area contributed by atoms with E-state index in [2.05, 4.69) is 52.5 Å². The Morgan fingerprint density at radius 2 is 1.96 bits per heavy atom. The van der Waals surface area contributed by atoms with Crippen molar-refractivity contribution < 1.29 is 9.53 Å². The zero-order valence-corrected chi connectivity index (χ0v) is 16.8. The van der Waals surface area contributed by atoms with E-state index in [1.54, 1.807) is 7.11 Å². The SMILES string of the molecule is COCCCNC(=O)CN1CCN(C(=S)Nc2cc(C)ccc2C)CC1. The molecule has 0 aromatic heterocycles. The van der Waals surface area contributed by atoms with Gasteiger partial charge >= 0.3 is 0 Å². The average molecular weight is 379 g/mol. The lowest BCUT2D eigenvalue weighted by molar-refractivity contribution is -0.122. The molecule has 6 nitrogen and oxygen atoms in total. The molecule has 1 heterocycles. The van der Waals surface area contributed by atoms with Crippen molar-refractivity contribution >= 4 is 28.9 Å². The molecule has 2 N–H and O–H groups in total. The Kier molecular flexibility index (Phi) is 8.28. The van der Waals surface area contributed by atoms with Gasteiger partial charge in [0.1, 0.15) is 0 Å². The van der Waals surface area contributed by atoms with Crippen LogP contribution in [0.3, 0.4) is 0 Å². The third kappa shape index (κ3) is 6.55. The minimum absolute atomic E-state index is 0.0747.